The minimum absolute atomic E-state index is 0.00206. The van der Waals surface area contributed by atoms with E-state index in [1.807, 2.05) is 24.3 Å². The Bertz CT molecular complexity index is 771. The first-order valence-corrected chi connectivity index (χ1v) is 8.63. The summed E-state index contributed by atoms with van der Waals surface area (Å²) in [5.41, 5.74) is 5.69. The van der Waals surface area contributed by atoms with Crippen LogP contribution in [0.25, 0.3) is 0 Å². The van der Waals surface area contributed by atoms with Crippen LogP contribution in [-0.2, 0) is 16.0 Å². The van der Waals surface area contributed by atoms with Gasteiger partial charge in [-0.05, 0) is 42.4 Å². The molecule has 6 nitrogen and oxygen atoms in total. The molecule has 8 heteroatoms. The zero-order chi connectivity index (χ0) is 18.8. The molecule has 0 spiro atoms. The summed E-state index contributed by atoms with van der Waals surface area (Å²) in [4.78, 5) is 23.5. The fourth-order valence-corrected chi connectivity index (χ4v) is 2.39. The van der Waals surface area contributed by atoms with Gasteiger partial charge in [-0.1, -0.05) is 48.0 Å². The Hall–Kier alpha value is -2.64. The summed E-state index contributed by atoms with van der Waals surface area (Å²) in [5.74, 6) is -0.128. The highest BCUT2D eigenvalue weighted by Gasteiger charge is 2.08. The molecule has 0 saturated carbocycles. The summed E-state index contributed by atoms with van der Waals surface area (Å²) in [6.07, 6.45) is 0.710. The number of aryl methyl sites for hydroxylation is 1. The third-order valence-corrected chi connectivity index (χ3v) is 3.83. The number of halogens is 1. The first kappa shape index (κ1) is 19.7. The summed E-state index contributed by atoms with van der Waals surface area (Å²) >= 11 is 11.0. The Kier molecular flexibility index (Phi) is 7.85. The quantitative estimate of drug-likeness (QED) is 0.520. The third kappa shape index (κ3) is 7.08. The van der Waals surface area contributed by atoms with E-state index in [-0.39, 0.29) is 24.0 Å². The number of nitrogens with one attached hydrogen (secondary N) is 3. The Morgan fingerprint density at radius 2 is 1.65 bits per heavy atom. The van der Waals surface area contributed by atoms with Gasteiger partial charge in [0.15, 0.2) is 11.7 Å². The lowest BCUT2D eigenvalue weighted by atomic mass is 10.1. The molecule has 0 aliphatic rings. The molecule has 0 fully saturated rings. The Morgan fingerprint density at radius 3 is 2.38 bits per heavy atom. The van der Waals surface area contributed by atoms with Crippen molar-refractivity contribution in [2.24, 2.45) is 0 Å². The van der Waals surface area contributed by atoms with Crippen LogP contribution in [0.3, 0.4) is 0 Å². The zero-order valence-electron chi connectivity index (χ0n) is 13.8. The summed E-state index contributed by atoms with van der Waals surface area (Å²) in [5, 5.41) is 3.10. The van der Waals surface area contributed by atoms with Gasteiger partial charge >= 0.3 is 0 Å². The van der Waals surface area contributed by atoms with E-state index < -0.39 is 5.91 Å². The van der Waals surface area contributed by atoms with Crippen molar-refractivity contribution in [1.82, 2.24) is 16.2 Å². The van der Waals surface area contributed by atoms with E-state index in [1.165, 1.54) is 0 Å². The smallest absolute Gasteiger partial charge is 0.276 e. The maximum Gasteiger partial charge on any atom is 0.276 e. The first-order chi connectivity index (χ1) is 12.5. The van der Waals surface area contributed by atoms with Crippen LogP contribution in [0.5, 0.6) is 5.75 Å². The van der Waals surface area contributed by atoms with E-state index in [2.05, 4.69) is 16.2 Å². The molecule has 0 radical (unpaired) electrons. The normalized spacial score (nSPS) is 9.88. The average Bonchev–Trinajstić information content (AvgIpc) is 2.65. The second-order valence-corrected chi connectivity index (χ2v) is 6.06. The predicted molar refractivity (Wildman–Crippen MR) is 104 cm³/mol. The minimum atomic E-state index is -0.429. The zero-order valence-corrected chi connectivity index (χ0v) is 15.4. The number of benzene rings is 2. The van der Waals surface area contributed by atoms with Gasteiger partial charge in [-0.3, -0.25) is 20.4 Å². The lowest BCUT2D eigenvalue weighted by molar-refractivity contribution is -0.124. The minimum Gasteiger partial charge on any atom is -0.484 e. The van der Waals surface area contributed by atoms with E-state index in [0.717, 1.165) is 5.56 Å². The molecular weight excluding hydrogens is 374 g/mol. The largest absolute Gasteiger partial charge is 0.484 e. The second kappa shape index (κ2) is 10.4. The molecule has 0 aliphatic carbocycles. The number of ether oxygens (including phenoxy) is 1. The van der Waals surface area contributed by atoms with Crippen molar-refractivity contribution in [1.29, 1.82) is 0 Å². The fraction of sp³-hybridized carbons (Fsp3) is 0.167. The summed E-state index contributed by atoms with van der Waals surface area (Å²) in [7, 11) is 0. The predicted octanol–water partition coefficient (Wildman–Crippen LogP) is 2.37. The summed E-state index contributed by atoms with van der Waals surface area (Å²) < 4.78 is 5.28. The van der Waals surface area contributed by atoms with E-state index in [9.17, 15) is 9.59 Å². The molecular formula is C18H18ClN3O3S. The molecule has 2 rings (SSSR count). The van der Waals surface area contributed by atoms with Crippen molar-refractivity contribution < 1.29 is 14.3 Å². The van der Waals surface area contributed by atoms with E-state index in [1.54, 1.807) is 30.3 Å². The topological polar surface area (TPSA) is 79.5 Å². The molecule has 0 unspecified atom stereocenters. The van der Waals surface area contributed by atoms with Crippen molar-refractivity contribution >= 4 is 40.7 Å². The van der Waals surface area contributed by atoms with Gasteiger partial charge in [0.25, 0.3) is 5.91 Å². The molecule has 2 aromatic carbocycles. The van der Waals surface area contributed by atoms with Gasteiger partial charge in [0.05, 0.1) is 0 Å². The van der Waals surface area contributed by atoms with Crippen LogP contribution in [0.1, 0.15) is 12.0 Å². The van der Waals surface area contributed by atoms with Crippen LogP contribution in [0, 0.1) is 0 Å². The highest BCUT2D eigenvalue weighted by Crippen LogP contribution is 2.16. The SMILES string of the molecule is O=C(COc1ccccc1)NNC(=S)NC(=O)CCc1ccccc1Cl. The van der Waals surface area contributed by atoms with Gasteiger partial charge in [-0.25, -0.2) is 0 Å². The highest BCUT2D eigenvalue weighted by molar-refractivity contribution is 7.80. The van der Waals surface area contributed by atoms with E-state index >= 15 is 0 Å². The molecule has 2 aromatic rings. The molecule has 3 N–H and O–H groups in total. The van der Waals surface area contributed by atoms with Crippen molar-refractivity contribution in [3.05, 3.63) is 65.2 Å². The molecule has 0 bridgehead atoms. The summed E-state index contributed by atoms with van der Waals surface area (Å²) in [6, 6.07) is 16.3. The molecule has 0 aliphatic heterocycles. The van der Waals surface area contributed by atoms with Crippen LogP contribution in [0.2, 0.25) is 5.02 Å². The second-order valence-electron chi connectivity index (χ2n) is 5.24. The first-order valence-electron chi connectivity index (χ1n) is 7.84. The number of para-hydroxylation sites is 1. The van der Waals surface area contributed by atoms with Crippen LogP contribution in [-0.4, -0.2) is 23.5 Å². The van der Waals surface area contributed by atoms with Gasteiger partial charge in [-0.2, -0.15) is 0 Å². The molecule has 0 saturated heterocycles. The Labute approximate surface area is 161 Å². The molecule has 0 aromatic heterocycles. The van der Waals surface area contributed by atoms with Crippen LogP contribution < -0.4 is 20.9 Å². The molecule has 26 heavy (non-hydrogen) atoms. The lowest BCUT2D eigenvalue weighted by Crippen LogP contribution is -2.49. The summed E-state index contributed by atoms with van der Waals surface area (Å²) in [6.45, 7) is -0.180. The Balaban J connectivity index is 1.64. The van der Waals surface area contributed by atoms with Crippen molar-refractivity contribution in [2.75, 3.05) is 6.61 Å². The number of carbonyl (C=O) groups is 2. The maximum atomic E-state index is 11.9. The van der Waals surface area contributed by atoms with E-state index in [4.69, 9.17) is 28.6 Å². The average molecular weight is 392 g/mol. The van der Waals surface area contributed by atoms with Gasteiger partial charge in [0.1, 0.15) is 5.75 Å². The molecule has 0 heterocycles. The van der Waals surface area contributed by atoms with Gasteiger partial charge in [-0.15, -0.1) is 0 Å². The van der Waals surface area contributed by atoms with Crippen molar-refractivity contribution in [3.63, 3.8) is 0 Å². The van der Waals surface area contributed by atoms with Gasteiger partial charge < -0.3 is 10.1 Å². The highest BCUT2D eigenvalue weighted by atomic mass is 35.5. The molecule has 2 amide bonds. The number of rotatable bonds is 6. The Morgan fingerprint density at radius 1 is 0.962 bits per heavy atom. The lowest BCUT2D eigenvalue weighted by Gasteiger charge is -2.11. The number of amides is 2. The van der Waals surface area contributed by atoms with E-state index in [0.29, 0.717) is 17.2 Å². The third-order valence-electron chi connectivity index (χ3n) is 3.26. The van der Waals surface area contributed by atoms with Gasteiger partial charge in [0.2, 0.25) is 5.91 Å². The number of hydrogen-bond acceptors (Lipinski definition) is 4. The van der Waals surface area contributed by atoms with Gasteiger partial charge in [0, 0.05) is 11.4 Å². The fourth-order valence-electron chi connectivity index (χ4n) is 2.00. The van der Waals surface area contributed by atoms with Crippen LogP contribution >= 0.6 is 23.8 Å². The number of hydrogen-bond donors (Lipinski definition) is 3. The maximum absolute atomic E-state index is 11.9. The monoisotopic (exact) mass is 391 g/mol. The number of hydrazine groups is 1. The van der Waals surface area contributed by atoms with Crippen molar-refractivity contribution in [3.8, 4) is 5.75 Å². The molecule has 0 atom stereocenters. The van der Waals surface area contributed by atoms with Crippen LogP contribution in [0.15, 0.2) is 54.6 Å². The molecule has 136 valence electrons. The van der Waals surface area contributed by atoms with Crippen molar-refractivity contribution in [2.45, 2.75) is 12.8 Å². The van der Waals surface area contributed by atoms with Crippen LogP contribution in [0.4, 0.5) is 0 Å². The number of carbonyl (C=O) groups excluding carboxylic acids is 2. The number of thiocarbonyl (C=S) groups is 1. The standard InChI is InChI=1S/C18H18ClN3O3S/c19-15-9-5-4-6-13(15)10-11-16(23)20-18(26)22-21-17(24)12-25-14-7-2-1-3-8-14/h1-9H,10-12H2,(H,21,24)(H2,20,22,23,26).